The van der Waals surface area contributed by atoms with Crippen molar-refractivity contribution < 1.29 is 37.1 Å². The first-order valence-electron chi connectivity index (χ1n) is 14.3. The first-order chi connectivity index (χ1) is 20.6. The predicted molar refractivity (Wildman–Crippen MR) is 158 cm³/mol. The van der Waals surface area contributed by atoms with Gasteiger partial charge in [-0.3, -0.25) is 0 Å². The number of thiazole rings is 1. The van der Waals surface area contributed by atoms with Crippen LogP contribution < -0.4 is 4.74 Å². The van der Waals surface area contributed by atoms with Crippen LogP contribution >= 0.6 is 23.1 Å². The van der Waals surface area contributed by atoms with E-state index in [4.69, 9.17) is 14.2 Å². The summed E-state index contributed by atoms with van der Waals surface area (Å²) in [5, 5.41) is 13.8. The lowest BCUT2D eigenvalue weighted by atomic mass is 9.79. The molecule has 0 aliphatic heterocycles. The first kappa shape index (κ1) is 30.0. The van der Waals surface area contributed by atoms with Crippen LogP contribution in [0.15, 0.2) is 51.3 Å². The molecule has 12 heteroatoms. The van der Waals surface area contributed by atoms with Gasteiger partial charge in [-0.2, -0.15) is 0 Å². The van der Waals surface area contributed by atoms with E-state index in [-0.39, 0.29) is 35.5 Å². The number of carboxylic acids is 1. The van der Waals surface area contributed by atoms with E-state index in [9.17, 15) is 23.1 Å². The molecule has 2 aromatic carbocycles. The smallest absolute Gasteiger partial charge is 0.478 e. The number of carbonyl (C=O) groups is 1. The average Bonchev–Trinajstić information content (AvgIpc) is 3.59. The molecule has 0 amide bonds. The fraction of sp³-hybridized carbons (Fsp3) is 0.452. The molecule has 2 aliphatic rings. The van der Waals surface area contributed by atoms with Gasteiger partial charge in [-0.15, -0.1) is 24.5 Å². The van der Waals surface area contributed by atoms with Crippen molar-refractivity contribution in [1.29, 1.82) is 0 Å². The summed E-state index contributed by atoms with van der Waals surface area (Å²) in [4.78, 5) is 16.1. The highest BCUT2D eigenvalue weighted by Gasteiger charge is 2.39. The maximum Gasteiger partial charge on any atom is 0.573 e. The summed E-state index contributed by atoms with van der Waals surface area (Å²) in [7, 11) is 0. The molecular formula is C31H31F3N2O5S2. The second kappa shape index (κ2) is 12.1. The van der Waals surface area contributed by atoms with Crippen LogP contribution in [0.4, 0.5) is 13.2 Å². The molecule has 0 bridgehead atoms. The molecule has 0 radical (unpaired) electrons. The molecule has 0 saturated heterocycles. The zero-order valence-corrected chi connectivity index (χ0v) is 25.2. The summed E-state index contributed by atoms with van der Waals surface area (Å²) in [6.07, 6.45) is -0.322. The van der Waals surface area contributed by atoms with Crippen molar-refractivity contribution in [3.05, 3.63) is 59.4 Å². The lowest BCUT2D eigenvalue weighted by Crippen LogP contribution is -2.37. The van der Waals surface area contributed by atoms with E-state index in [1.165, 1.54) is 23.5 Å². The molecular weight excluding hydrogens is 601 g/mol. The number of halogens is 3. The number of carboxylic acid groups (broad SMARTS) is 1. The van der Waals surface area contributed by atoms with Gasteiger partial charge in [0.05, 0.1) is 28.5 Å². The second-order valence-corrected chi connectivity index (χ2v) is 13.7. The summed E-state index contributed by atoms with van der Waals surface area (Å²) in [6.45, 7) is 4.59. The van der Waals surface area contributed by atoms with Crippen LogP contribution in [-0.4, -0.2) is 38.9 Å². The molecule has 2 aliphatic carbocycles. The Kier molecular flexibility index (Phi) is 8.45. The van der Waals surface area contributed by atoms with E-state index in [0.29, 0.717) is 34.1 Å². The Bertz CT molecular complexity index is 1620. The fourth-order valence-corrected chi connectivity index (χ4v) is 8.70. The van der Waals surface area contributed by atoms with E-state index in [2.05, 4.69) is 23.7 Å². The minimum atomic E-state index is -4.83. The van der Waals surface area contributed by atoms with Gasteiger partial charge in [-0.05, 0) is 67.9 Å². The van der Waals surface area contributed by atoms with Crippen LogP contribution in [-0.2, 0) is 11.3 Å². The van der Waals surface area contributed by atoms with Crippen LogP contribution in [0, 0.1) is 11.8 Å². The van der Waals surface area contributed by atoms with Gasteiger partial charge in [0.2, 0.25) is 0 Å². The highest BCUT2D eigenvalue weighted by molar-refractivity contribution is 8.01. The maximum absolute atomic E-state index is 13.1. The first-order valence-corrected chi connectivity index (χ1v) is 16.0. The van der Waals surface area contributed by atoms with Crippen molar-refractivity contribution in [3.63, 3.8) is 0 Å². The van der Waals surface area contributed by atoms with Crippen molar-refractivity contribution in [1.82, 2.24) is 10.1 Å². The number of aromatic nitrogens is 2. The molecule has 1 N–H and O–H groups in total. The summed E-state index contributed by atoms with van der Waals surface area (Å²) >= 11 is 3.28. The molecule has 4 unspecified atom stereocenters. The monoisotopic (exact) mass is 632 g/mol. The van der Waals surface area contributed by atoms with Gasteiger partial charge in [0.25, 0.3) is 0 Å². The van der Waals surface area contributed by atoms with Crippen molar-refractivity contribution in [2.45, 2.75) is 80.5 Å². The minimum absolute atomic E-state index is 0.0261. The molecule has 4 aromatic rings. The number of fused-ring (bicyclic) bond motifs is 1. The Morgan fingerprint density at radius 1 is 1.19 bits per heavy atom. The van der Waals surface area contributed by atoms with Gasteiger partial charge in [-0.1, -0.05) is 49.3 Å². The molecule has 2 aromatic heterocycles. The van der Waals surface area contributed by atoms with Crippen LogP contribution in [0.5, 0.6) is 5.75 Å². The van der Waals surface area contributed by atoms with Gasteiger partial charge in [-0.25, -0.2) is 9.78 Å². The van der Waals surface area contributed by atoms with E-state index in [1.807, 2.05) is 0 Å². The van der Waals surface area contributed by atoms with Crippen molar-refractivity contribution in [2.75, 3.05) is 0 Å². The van der Waals surface area contributed by atoms with Gasteiger partial charge >= 0.3 is 12.3 Å². The molecule has 7 nitrogen and oxygen atoms in total. The number of thioether (sulfide) groups is 1. The third-order valence-electron chi connectivity index (χ3n) is 8.20. The van der Waals surface area contributed by atoms with E-state index >= 15 is 0 Å². The van der Waals surface area contributed by atoms with Crippen molar-refractivity contribution in [3.8, 4) is 17.0 Å². The largest absolute Gasteiger partial charge is 0.573 e. The Labute approximate surface area is 254 Å². The molecule has 2 saturated carbocycles. The Morgan fingerprint density at radius 3 is 2.70 bits per heavy atom. The molecule has 2 heterocycles. The molecule has 0 spiro atoms. The number of hydrogen-bond donors (Lipinski definition) is 1. The van der Waals surface area contributed by atoms with Crippen LogP contribution in [0.3, 0.4) is 0 Å². The lowest BCUT2D eigenvalue weighted by Gasteiger charge is -2.39. The SMILES string of the molecule is CCC1CC(OCc2c(-c3ccccc3OC(F)(F)F)noc2C2CC2)CC(C)C1Sc1nc2ccc(C(=O)O)cc2s1. The Balaban J connectivity index is 1.17. The number of ether oxygens (including phenoxy) is 2. The lowest BCUT2D eigenvalue weighted by molar-refractivity contribution is -0.274. The average molecular weight is 633 g/mol. The van der Waals surface area contributed by atoms with E-state index in [0.717, 1.165) is 46.7 Å². The van der Waals surface area contributed by atoms with Crippen LogP contribution in [0.2, 0.25) is 0 Å². The summed E-state index contributed by atoms with van der Waals surface area (Å²) < 4.78 is 57.7. The van der Waals surface area contributed by atoms with E-state index < -0.39 is 12.3 Å². The number of benzene rings is 2. The van der Waals surface area contributed by atoms with Gasteiger partial charge in [0, 0.05) is 22.3 Å². The van der Waals surface area contributed by atoms with Crippen molar-refractivity contribution >= 4 is 39.3 Å². The van der Waals surface area contributed by atoms with Gasteiger partial charge in [0.1, 0.15) is 17.2 Å². The molecule has 2 fully saturated rings. The van der Waals surface area contributed by atoms with Gasteiger partial charge < -0.3 is 19.1 Å². The third-order valence-corrected chi connectivity index (χ3v) is 11.0. The third kappa shape index (κ3) is 6.71. The maximum atomic E-state index is 13.1. The molecule has 43 heavy (non-hydrogen) atoms. The Morgan fingerprint density at radius 2 is 1.98 bits per heavy atom. The quantitative estimate of drug-likeness (QED) is 0.185. The fourth-order valence-electron chi connectivity index (χ4n) is 5.95. The number of para-hydroxylation sites is 1. The zero-order chi connectivity index (χ0) is 30.3. The standard InChI is InChI=1S/C31H31F3N2O5S2/c1-3-17-13-20(12-16(2)28(17)43-30-35-23-11-10-19(29(37)38)14-25(23)42-30)39-15-22-26(36-41-27(22)18-8-9-18)21-6-4-5-7-24(21)40-31(32,33)34/h4-7,10-11,14,16-18,20,28H,3,8-9,12-13,15H2,1-2H3,(H,37,38). The number of alkyl halides is 3. The topological polar surface area (TPSA) is 94.7 Å². The predicted octanol–water partition coefficient (Wildman–Crippen LogP) is 8.93. The number of aromatic carboxylic acids is 1. The molecule has 4 atom stereocenters. The number of nitrogens with zero attached hydrogens (tertiary/aromatic N) is 2. The number of rotatable bonds is 10. The van der Waals surface area contributed by atoms with Crippen LogP contribution in [0.1, 0.15) is 73.6 Å². The van der Waals surface area contributed by atoms with Crippen molar-refractivity contribution in [2.24, 2.45) is 11.8 Å². The summed E-state index contributed by atoms with van der Waals surface area (Å²) in [5.41, 5.74) is 2.29. The zero-order valence-electron chi connectivity index (χ0n) is 23.6. The Hall–Kier alpha value is -3.09. The number of hydrogen-bond acceptors (Lipinski definition) is 8. The summed E-state index contributed by atoms with van der Waals surface area (Å²) in [5.74, 6) is 0.294. The molecule has 228 valence electrons. The molecule has 6 rings (SSSR count). The highest BCUT2D eigenvalue weighted by Crippen LogP contribution is 2.47. The van der Waals surface area contributed by atoms with Gasteiger partial charge in [0.15, 0.2) is 4.34 Å². The normalized spacial score (nSPS) is 22.6. The summed E-state index contributed by atoms with van der Waals surface area (Å²) in [6, 6.07) is 11.0. The minimum Gasteiger partial charge on any atom is -0.478 e. The van der Waals surface area contributed by atoms with E-state index in [1.54, 1.807) is 42.1 Å². The second-order valence-electron chi connectivity index (χ2n) is 11.3. The highest BCUT2D eigenvalue weighted by atomic mass is 32.2. The van der Waals surface area contributed by atoms with Crippen LogP contribution in [0.25, 0.3) is 21.5 Å².